The zero-order chi connectivity index (χ0) is 29.1. The van der Waals surface area contributed by atoms with E-state index in [-0.39, 0.29) is 11.3 Å². The van der Waals surface area contributed by atoms with Gasteiger partial charge in [-0.25, -0.2) is 0 Å². The molecule has 1 fully saturated rings. The topological polar surface area (TPSA) is 88.5 Å². The normalized spacial score (nSPS) is 16.4. The first-order valence-corrected chi connectivity index (χ1v) is 14.1. The fraction of sp³-hybridized carbons (Fsp3) is 0.438. The van der Waals surface area contributed by atoms with Gasteiger partial charge in [0.15, 0.2) is 11.5 Å². The maximum atomic E-state index is 13.4. The van der Waals surface area contributed by atoms with Gasteiger partial charge in [0.2, 0.25) is 0 Å². The van der Waals surface area contributed by atoms with Gasteiger partial charge >= 0.3 is 0 Å². The third-order valence-electron chi connectivity index (χ3n) is 6.85. The molecule has 1 aliphatic rings. The molecule has 2 aromatic carbocycles. The summed E-state index contributed by atoms with van der Waals surface area (Å²) >= 11 is 0. The maximum absolute atomic E-state index is 13.4. The monoisotopic (exact) mass is 550 g/mol. The quantitative estimate of drug-likeness (QED) is 0.126. The molecule has 0 saturated carbocycles. The minimum atomic E-state index is -0.777. The van der Waals surface area contributed by atoms with Crippen molar-refractivity contribution in [2.45, 2.75) is 46.6 Å². The SMILES string of the molecule is C=CCOc1ccc(C2/C(=C(\O)c3ccc(OCCC)cc3)C(=O)C(=O)N2CCCN(CC)CC)cc1OCC. The van der Waals surface area contributed by atoms with Crippen LogP contribution in [-0.2, 0) is 9.59 Å². The Morgan fingerprint density at radius 3 is 2.35 bits per heavy atom. The summed E-state index contributed by atoms with van der Waals surface area (Å²) in [6, 6.07) is 11.5. The van der Waals surface area contributed by atoms with Gasteiger partial charge in [-0.2, -0.15) is 0 Å². The van der Waals surface area contributed by atoms with Gasteiger partial charge < -0.3 is 29.1 Å². The molecule has 0 aliphatic carbocycles. The van der Waals surface area contributed by atoms with Gasteiger partial charge in [-0.3, -0.25) is 9.59 Å². The number of likely N-dealkylation sites (tertiary alicyclic amines) is 1. The molecule has 3 rings (SSSR count). The summed E-state index contributed by atoms with van der Waals surface area (Å²) in [5, 5.41) is 11.4. The molecular weight excluding hydrogens is 508 g/mol. The third kappa shape index (κ3) is 7.24. The number of aliphatic hydroxyl groups excluding tert-OH is 1. The lowest BCUT2D eigenvalue weighted by Crippen LogP contribution is -2.33. The Labute approximate surface area is 237 Å². The summed E-state index contributed by atoms with van der Waals surface area (Å²) in [6.45, 7) is 16.0. The average molecular weight is 551 g/mol. The smallest absolute Gasteiger partial charge is 0.295 e. The van der Waals surface area contributed by atoms with Crippen LogP contribution in [0.4, 0.5) is 0 Å². The number of aliphatic hydroxyl groups is 1. The molecule has 1 unspecified atom stereocenters. The average Bonchev–Trinajstić information content (AvgIpc) is 3.22. The molecule has 1 aliphatic heterocycles. The number of hydrogen-bond donors (Lipinski definition) is 1. The van der Waals surface area contributed by atoms with E-state index in [1.807, 2.05) is 19.9 Å². The summed E-state index contributed by atoms with van der Waals surface area (Å²) in [5.74, 6) is 0.144. The first kappa shape index (κ1) is 30.8. The minimum absolute atomic E-state index is 0.0530. The molecule has 1 N–H and O–H groups in total. The highest BCUT2D eigenvalue weighted by atomic mass is 16.5. The number of carbonyl (C=O) groups excluding carboxylic acids is 2. The van der Waals surface area contributed by atoms with Crippen LogP contribution in [0.2, 0.25) is 0 Å². The standard InChI is InChI=1S/C32H42N2O6/c1-6-20-39-25-15-12-23(13-16-25)30(35)28-29(24-14-17-26(40-21-7-2)27(22-24)38-10-5)34(32(37)31(28)36)19-11-18-33(8-3)9-4/h7,12-17,22,29,35H,2,6,8-11,18-21H2,1,3-5H3/b30-28+. The number of ketones is 1. The van der Waals surface area contributed by atoms with Gasteiger partial charge in [0.1, 0.15) is 18.1 Å². The van der Waals surface area contributed by atoms with E-state index in [1.54, 1.807) is 47.4 Å². The van der Waals surface area contributed by atoms with E-state index in [9.17, 15) is 14.7 Å². The number of nitrogens with zero attached hydrogens (tertiary/aromatic N) is 2. The number of rotatable bonds is 16. The lowest BCUT2D eigenvalue weighted by Gasteiger charge is -2.27. The van der Waals surface area contributed by atoms with Crippen molar-refractivity contribution in [3.05, 3.63) is 71.8 Å². The van der Waals surface area contributed by atoms with Crippen LogP contribution in [0.1, 0.15) is 57.7 Å². The van der Waals surface area contributed by atoms with Crippen molar-refractivity contribution in [3.63, 3.8) is 0 Å². The Balaban J connectivity index is 2.07. The van der Waals surface area contributed by atoms with Crippen LogP contribution in [0.5, 0.6) is 17.2 Å². The highest BCUT2D eigenvalue weighted by Crippen LogP contribution is 2.42. The van der Waals surface area contributed by atoms with Gasteiger partial charge in [-0.05, 0) is 81.4 Å². The van der Waals surface area contributed by atoms with Crippen LogP contribution < -0.4 is 14.2 Å². The van der Waals surface area contributed by atoms with Crippen molar-refractivity contribution in [2.75, 3.05) is 46.0 Å². The van der Waals surface area contributed by atoms with Crippen molar-refractivity contribution in [1.82, 2.24) is 9.80 Å². The van der Waals surface area contributed by atoms with E-state index in [2.05, 4.69) is 25.3 Å². The van der Waals surface area contributed by atoms with Crippen LogP contribution in [0.3, 0.4) is 0 Å². The molecule has 0 bridgehead atoms. The fourth-order valence-corrected chi connectivity index (χ4v) is 4.78. The van der Waals surface area contributed by atoms with Crippen molar-refractivity contribution >= 4 is 17.4 Å². The van der Waals surface area contributed by atoms with Gasteiger partial charge in [0, 0.05) is 12.1 Å². The molecule has 1 heterocycles. The Bertz CT molecular complexity index is 1190. The highest BCUT2D eigenvalue weighted by molar-refractivity contribution is 6.46. The van der Waals surface area contributed by atoms with Crippen molar-refractivity contribution in [1.29, 1.82) is 0 Å². The second-order valence-electron chi connectivity index (χ2n) is 9.48. The van der Waals surface area contributed by atoms with Crippen molar-refractivity contribution < 1.29 is 28.9 Å². The number of Topliss-reactive ketones (excluding diaryl/α,β-unsaturated/α-hetero) is 1. The first-order valence-electron chi connectivity index (χ1n) is 14.1. The van der Waals surface area contributed by atoms with Gasteiger partial charge in [0.25, 0.3) is 11.7 Å². The minimum Gasteiger partial charge on any atom is -0.507 e. The Morgan fingerprint density at radius 1 is 1.00 bits per heavy atom. The molecular formula is C32H42N2O6. The number of benzene rings is 2. The molecule has 1 atom stereocenters. The van der Waals surface area contributed by atoms with E-state index in [1.165, 1.54) is 0 Å². The number of amides is 1. The van der Waals surface area contributed by atoms with Gasteiger partial charge in [-0.15, -0.1) is 0 Å². The zero-order valence-corrected chi connectivity index (χ0v) is 24.2. The molecule has 1 saturated heterocycles. The molecule has 216 valence electrons. The van der Waals surface area contributed by atoms with Crippen LogP contribution in [-0.4, -0.2) is 72.6 Å². The molecule has 2 aromatic rings. The lowest BCUT2D eigenvalue weighted by molar-refractivity contribution is -0.140. The van der Waals surface area contributed by atoms with Gasteiger partial charge in [0.05, 0.1) is 24.8 Å². The lowest BCUT2D eigenvalue weighted by atomic mass is 9.95. The summed E-state index contributed by atoms with van der Waals surface area (Å²) in [7, 11) is 0. The molecule has 0 aromatic heterocycles. The van der Waals surface area contributed by atoms with E-state index in [0.717, 1.165) is 26.1 Å². The van der Waals surface area contributed by atoms with E-state index in [4.69, 9.17) is 14.2 Å². The summed E-state index contributed by atoms with van der Waals surface area (Å²) < 4.78 is 17.3. The van der Waals surface area contributed by atoms with Crippen LogP contribution in [0.15, 0.2) is 60.7 Å². The fourth-order valence-electron chi connectivity index (χ4n) is 4.78. The van der Waals surface area contributed by atoms with Gasteiger partial charge in [-0.1, -0.05) is 39.5 Å². The summed E-state index contributed by atoms with van der Waals surface area (Å²) in [5.41, 5.74) is 1.14. The predicted molar refractivity (Wildman–Crippen MR) is 157 cm³/mol. The Kier molecular flexibility index (Phi) is 11.6. The number of ether oxygens (including phenoxy) is 3. The van der Waals surface area contributed by atoms with Crippen LogP contribution >= 0.6 is 0 Å². The van der Waals surface area contributed by atoms with Crippen LogP contribution in [0.25, 0.3) is 5.76 Å². The third-order valence-corrected chi connectivity index (χ3v) is 6.85. The highest BCUT2D eigenvalue weighted by Gasteiger charge is 2.46. The molecule has 0 radical (unpaired) electrons. The predicted octanol–water partition coefficient (Wildman–Crippen LogP) is 5.59. The first-order chi connectivity index (χ1) is 19.4. The summed E-state index contributed by atoms with van der Waals surface area (Å²) in [4.78, 5) is 30.6. The second-order valence-corrected chi connectivity index (χ2v) is 9.48. The second kappa shape index (κ2) is 15.1. The Morgan fingerprint density at radius 2 is 1.73 bits per heavy atom. The molecule has 8 heteroatoms. The maximum Gasteiger partial charge on any atom is 0.295 e. The molecule has 8 nitrogen and oxygen atoms in total. The van der Waals surface area contributed by atoms with Crippen molar-refractivity contribution in [3.8, 4) is 17.2 Å². The molecule has 40 heavy (non-hydrogen) atoms. The largest absolute Gasteiger partial charge is 0.507 e. The molecule has 0 spiro atoms. The van der Waals surface area contributed by atoms with E-state index >= 15 is 0 Å². The number of carbonyl (C=O) groups is 2. The number of hydrogen-bond acceptors (Lipinski definition) is 7. The molecule has 1 amide bonds. The van der Waals surface area contributed by atoms with E-state index in [0.29, 0.717) is 61.2 Å². The van der Waals surface area contributed by atoms with Crippen LogP contribution in [0, 0.1) is 0 Å². The zero-order valence-electron chi connectivity index (χ0n) is 24.2. The van der Waals surface area contributed by atoms with E-state index < -0.39 is 17.7 Å². The summed E-state index contributed by atoms with van der Waals surface area (Å²) in [6.07, 6.45) is 3.21. The van der Waals surface area contributed by atoms with Crippen molar-refractivity contribution in [2.24, 2.45) is 0 Å². The Hall–Kier alpha value is -3.78.